The minimum Gasteiger partial charge on any atom is -0.349 e. The number of aromatic nitrogens is 3. The van der Waals surface area contributed by atoms with Gasteiger partial charge in [0.25, 0.3) is 5.91 Å². The maximum Gasteiger partial charge on any atom is 0.251 e. The van der Waals surface area contributed by atoms with Crippen molar-refractivity contribution >= 4 is 35.1 Å². The quantitative estimate of drug-likeness (QED) is 0.187. The smallest absolute Gasteiger partial charge is 0.251 e. The Kier molecular flexibility index (Phi) is 8.83. The molecule has 0 aliphatic heterocycles. The third-order valence-corrected chi connectivity index (χ3v) is 5.54. The van der Waals surface area contributed by atoms with E-state index in [9.17, 15) is 4.79 Å². The van der Waals surface area contributed by atoms with Gasteiger partial charge < -0.3 is 10.2 Å². The molecule has 6 nitrogen and oxygen atoms in total. The minimum absolute atomic E-state index is 0.137. The average molecular weight is 466 g/mol. The minimum atomic E-state index is -0.137. The molecule has 3 rings (SSSR count). The van der Waals surface area contributed by atoms with E-state index < -0.39 is 0 Å². The van der Waals surface area contributed by atoms with Crippen LogP contribution in [0.1, 0.15) is 21.6 Å². The van der Waals surface area contributed by atoms with Gasteiger partial charge in [-0.25, -0.2) is 9.97 Å². The number of amides is 1. The topological polar surface area (TPSA) is 71.0 Å². The van der Waals surface area contributed by atoms with Gasteiger partial charge in [-0.15, -0.1) is 13.2 Å². The SMILES string of the molecule is C=CCN(CC=C)c1cc(Cl)nc(SCc2ccc(C(=O)NCc3ccccn3)cc2)n1. The Bertz CT molecular complexity index is 1050. The van der Waals surface area contributed by atoms with Crippen molar-refractivity contribution in [2.75, 3.05) is 18.0 Å². The van der Waals surface area contributed by atoms with Crippen LogP contribution in [-0.2, 0) is 12.3 Å². The van der Waals surface area contributed by atoms with Gasteiger partial charge in [0.15, 0.2) is 5.16 Å². The Morgan fingerprint density at radius 2 is 1.84 bits per heavy atom. The summed E-state index contributed by atoms with van der Waals surface area (Å²) >= 11 is 7.70. The molecule has 0 bridgehead atoms. The van der Waals surface area contributed by atoms with E-state index in [1.807, 2.05) is 47.4 Å². The summed E-state index contributed by atoms with van der Waals surface area (Å²) in [5, 5.41) is 3.85. The highest BCUT2D eigenvalue weighted by Gasteiger charge is 2.11. The number of rotatable bonds is 11. The van der Waals surface area contributed by atoms with Gasteiger partial charge in [-0.3, -0.25) is 9.78 Å². The summed E-state index contributed by atoms with van der Waals surface area (Å²) in [7, 11) is 0. The Balaban J connectivity index is 1.59. The molecular formula is C24H24ClN5OS. The number of nitrogens with one attached hydrogen (secondary N) is 1. The maximum absolute atomic E-state index is 12.4. The van der Waals surface area contributed by atoms with Crippen LogP contribution in [0.25, 0.3) is 0 Å². The fourth-order valence-electron chi connectivity index (χ4n) is 2.86. The molecule has 1 N–H and O–H groups in total. The molecule has 1 aromatic carbocycles. The van der Waals surface area contributed by atoms with E-state index in [1.54, 1.807) is 24.4 Å². The third-order valence-electron chi connectivity index (χ3n) is 4.42. The second-order valence-electron chi connectivity index (χ2n) is 6.80. The fourth-order valence-corrected chi connectivity index (χ4v) is 3.90. The van der Waals surface area contributed by atoms with Crippen molar-refractivity contribution in [1.82, 2.24) is 20.3 Å². The van der Waals surface area contributed by atoms with Crippen molar-refractivity contribution in [2.24, 2.45) is 0 Å². The molecule has 0 fully saturated rings. The lowest BCUT2D eigenvalue weighted by Crippen LogP contribution is -2.24. The van der Waals surface area contributed by atoms with Gasteiger partial charge in [-0.1, -0.05) is 53.7 Å². The Morgan fingerprint density at radius 1 is 1.09 bits per heavy atom. The van der Waals surface area contributed by atoms with E-state index in [0.717, 1.165) is 17.1 Å². The van der Waals surface area contributed by atoms with Crippen molar-refractivity contribution in [3.8, 4) is 0 Å². The van der Waals surface area contributed by atoms with Crippen LogP contribution >= 0.6 is 23.4 Å². The summed E-state index contributed by atoms with van der Waals surface area (Å²) < 4.78 is 0. The molecule has 0 aliphatic carbocycles. The van der Waals surface area contributed by atoms with Gasteiger partial charge in [-0.2, -0.15) is 0 Å². The molecule has 1 amide bonds. The number of carbonyl (C=O) groups excluding carboxylic acids is 1. The molecule has 3 aromatic rings. The average Bonchev–Trinajstić information content (AvgIpc) is 2.82. The Labute approximate surface area is 197 Å². The molecule has 0 atom stereocenters. The normalized spacial score (nSPS) is 10.4. The third kappa shape index (κ3) is 6.93. The van der Waals surface area contributed by atoms with Crippen LogP contribution in [0.3, 0.4) is 0 Å². The first-order valence-corrected chi connectivity index (χ1v) is 11.4. The molecule has 8 heteroatoms. The number of benzene rings is 1. The first-order chi connectivity index (χ1) is 15.6. The van der Waals surface area contributed by atoms with Crippen LogP contribution in [0.15, 0.2) is 85.2 Å². The lowest BCUT2D eigenvalue weighted by Gasteiger charge is -2.20. The van der Waals surface area contributed by atoms with E-state index in [2.05, 4.69) is 33.4 Å². The predicted octanol–water partition coefficient (Wildman–Crippen LogP) is 4.93. The van der Waals surface area contributed by atoms with Crippen molar-refractivity contribution in [3.63, 3.8) is 0 Å². The lowest BCUT2D eigenvalue weighted by atomic mass is 10.1. The summed E-state index contributed by atoms with van der Waals surface area (Å²) in [5.41, 5.74) is 2.46. The van der Waals surface area contributed by atoms with E-state index >= 15 is 0 Å². The molecule has 0 unspecified atom stereocenters. The molecule has 0 aliphatic rings. The number of hydrogen-bond acceptors (Lipinski definition) is 6. The van der Waals surface area contributed by atoms with Crippen LogP contribution in [0.4, 0.5) is 5.82 Å². The zero-order chi connectivity index (χ0) is 22.8. The number of thioether (sulfide) groups is 1. The summed E-state index contributed by atoms with van der Waals surface area (Å²) in [4.78, 5) is 27.5. The van der Waals surface area contributed by atoms with Gasteiger partial charge in [0.05, 0.1) is 12.2 Å². The number of hydrogen-bond donors (Lipinski definition) is 1. The van der Waals surface area contributed by atoms with Crippen LogP contribution in [0.2, 0.25) is 5.15 Å². The zero-order valence-electron chi connectivity index (χ0n) is 17.6. The number of anilines is 1. The standard InChI is InChI=1S/C24H24ClN5OS/c1-3-13-30(14-4-2)22-15-21(25)28-24(29-22)32-17-18-8-10-19(11-9-18)23(31)27-16-20-7-5-6-12-26-20/h3-12,15H,1-2,13-14,16-17H2,(H,27,31). The first-order valence-electron chi connectivity index (χ1n) is 10.00. The molecule has 2 heterocycles. The Morgan fingerprint density at radius 3 is 2.50 bits per heavy atom. The van der Waals surface area contributed by atoms with Gasteiger partial charge in [0, 0.05) is 36.7 Å². The maximum atomic E-state index is 12.4. The van der Waals surface area contributed by atoms with Crippen molar-refractivity contribution in [3.05, 3.63) is 102 Å². The number of nitrogens with zero attached hydrogens (tertiary/aromatic N) is 4. The van der Waals surface area contributed by atoms with E-state index in [0.29, 0.717) is 41.3 Å². The molecule has 32 heavy (non-hydrogen) atoms. The van der Waals surface area contributed by atoms with Crippen LogP contribution in [-0.4, -0.2) is 33.9 Å². The van der Waals surface area contributed by atoms with Gasteiger partial charge in [-0.05, 0) is 29.8 Å². The highest BCUT2D eigenvalue weighted by Crippen LogP contribution is 2.25. The molecule has 164 valence electrons. The van der Waals surface area contributed by atoms with Gasteiger partial charge >= 0.3 is 0 Å². The van der Waals surface area contributed by atoms with Gasteiger partial charge in [0.2, 0.25) is 0 Å². The summed E-state index contributed by atoms with van der Waals surface area (Å²) in [5.74, 6) is 1.24. The van der Waals surface area contributed by atoms with Crippen LogP contribution in [0.5, 0.6) is 0 Å². The molecule has 0 saturated heterocycles. The predicted molar refractivity (Wildman–Crippen MR) is 131 cm³/mol. The summed E-state index contributed by atoms with van der Waals surface area (Å²) in [6.45, 7) is 9.23. The molecule has 0 spiro atoms. The molecule has 0 radical (unpaired) electrons. The number of halogens is 1. The molecule has 2 aromatic heterocycles. The first kappa shape index (κ1) is 23.5. The van der Waals surface area contributed by atoms with Crippen LogP contribution in [0, 0.1) is 0 Å². The van der Waals surface area contributed by atoms with E-state index in [4.69, 9.17) is 11.6 Å². The number of pyridine rings is 1. The second-order valence-corrected chi connectivity index (χ2v) is 8.13. The van der Waals surface area contributed by atoms with Crippen molar-refractivity contribution in [2.45, 2.75) is 17.5 Å². The summed E-state index contributed by atoms with van der Waals surface area (Å²) in [6.07, 6.45) is 5.32. The van der Waals surface area contributed by atoms with Crippen molar-refractivity contribution < 1.29 is 4.79 Å². The monoisotopic (exact) mass is 465 g/mol. The number of carbonyl (C=O) groups is 1. The fraction of sp³-hybridized carbons (Fsp3) is 0.167. The Hall–Kier alpha value is -3.16. The van der Waals surface area contributed by atoms with E-state index in [-0.39, 0.29) is 5.91 Å². The van der Waals surface area contributed by atoms with E-state index in [1.165, 1.54) is 11.8 Å². The molecular weight excluding hydrogens is 442 g/mol. The largest absolute Gasteiger partial charge is 0.349 e. The van der Waals surface area contributed by atoms with Crippen LogP contribution < -0.4 is 10.2 Å². The molecule has 0 saturated carbocycles. The van der Waals surface area contributed by atoms with Crippen molar-refractivity contribution in [1.29, 1.82) is 0 Å². The second kappa shape index (κ2) is 12.0. The summed E-state index contributed by atoms with van der Waals surface area (Å²) in [6, 6.07) is 14.8. The highest BCUT2D eigenvalue weighted by atomic mass is 35.5. The highest BCUT2D eigenvalue weighted by molar-refractivity contribution is 7.98. The van der Waals surface area contributed by atoms with Gasteiger partial charge in [0.1, 0.15) is 11.0 Å². The lowest BCUT2D eigenvalue weighted by molar-refractivity contribution is 0.0950. The zero-order valence-corrected chi connectivity index (χ0v) is 19.1.